The van der Waals surface area contributed by atoms with Gasteiger partial charge in [0.25, 0.3) is 11.5 Å². The van der Waals surface area contributed by atoms with Gasteiger partial charge in [0.05, 0.1) is 17.3 Å². The standard InChI is InChI=1S/C15H13N5O2S/c1-18-14(22)13-9(8-23-15(13)19(18)2)7-12(21)20-11-6-4-3-5-10(11)16-17-20/h3-6,8H,7H2,1-2H3. The highest BCUT2D eigenvalue weighted by Gasteiger charge is 2.19. The van der Waals surface area contributed by atoms with Crippen LogP contribution in [0.3, 0.4) is 0 Å². The summed E-state index contributed by atoms with van der Waals surface area (Å²) in [5, 5.41) is 10.4. The highest BCUT2D eigenvalue weighted by molar-refractivity contribution is 7.17. The quantitative estimate of drug-likeness (QED) is 0.560. The van der Waals surface area contributed by atoms with Gasteiger partial charge in [-0.05, 0) is 23.1 Å². The lowest BCUT2D eigenvalue weighted by Crippen LogP contribution is -2.19. The van der Waals surface area contributed by atoms with Crippen molar-refractivity contribution < 1.29 is 4.79 Å². The van der Waals surface area contributed by atoms with Crippen molar-refractivity contribution in [3.8, 4) is 0 Å². The first-order valence-electron chi connectivity index (χ1n) is 7.03. The molecule has 0 aliphatic carbocycles. The summed E-state index contributed by atoms with van der Waals surface area (Å²) >= 11 is 1.46. The van der Waals surface area contributed by atoms with Crippen LogP contribution in [0.4, 0.5) is 0 Å². The first-order valence-corrected chi connectivity index (χ1v) is 7.91. The largest absolute Gasteiger partial charge is 0.275 e. The lowest BCUT2D eigenvalue weighted by Gasteiger charge is -1.99. The molecule has 23 heavy (non-hydrogen) atoms. The molecule has 4 aromatic rings. The van der Waals surface area contributed by atoms with Crippen LogP contribution in [-0.2, 0) is 20.5 Å². The van der Waals surface area contributed by atoms with E-state index in [4.69, 9.17) is 0 Å². The second kappa shape index (κ2) is 4.88. The van der Waals surface area contributed by atoms with Gasteiger partial charge in [-0.3, -0.25) is 19.0 Å². The van der Waals surface area contributed by atoms with E-state index in [1.807, 2.05) is 30.6 Å². The van der Waals surface area contributed by atoms with E-state index in [-0.39, 0.29) is 17.9 Å². The number of rotatable bonds is 2. The predicted molar refractivity (Wildman–Crippen MR) is 87.9 cm³/mol. The summed E-state index contributed by atoms with van der Waals surface area (Å²) in [6.45, 7) is 0. The molecule has 0 bridgehead atoms. The van der Waals surface area contributed by atoms with Crippen LogP contribution in [0.25, 0.3) is 21.3 Å². The topological polar surface area (TPSA) is 74.7 Å². The Morgan fingerprint density at radius 3 is 2.83 bits per heavy atom. The number of para-hydroxylation sites is 1. The van der Waals surface area contributed by atoms with Crippen LogP contribution < -0.4 is 5.56 Å². The van der Waals surface area contributed by atoms with E-state index in [9.17, 15) is 9.59 Å². The molecule has 8 heteroatoms. The summed E-state index contributed by atoms with van der Waals surface area (Å²) in [7, 11) is 3.54. The molecule has 0 spiro atoms. The third kappa shape index (κ3) is 1.95. The highest BCUT2D eigenvalue weighted by atomic mass is 32.1. The van der Waals surface area contributed by atoms with Crippen molar-refractivity contribution in [2.45, 2.75) is 6.42 Å². The molecule has 0 aliphatic rings. The highest BCUT2D eigenvalue weighted by Crippen LogP contribution is 2.24. The van der Waals surface area contributed by atoms with E-state index in [0.717, 1.165) is 10.4 Å². The average Bonchev–Trinajstić information content (AvgIpc) is 3.21. The number of aromatic nitrogens is 5. The number of fused-ring (bicyclic) bond motifs is 2. The Balaban J connectivity index is 1.78. The molecular weight excluding hydrogens is 314 g/mol. The first-order chi connectivity index (χ1) is 11.1. The molecule has 0 N–H and O–H groups in total. The molecule has 0 unspecified atom stereocenters. The van der Waals surface area contributed by atoms with Crippen LogP contribution in [0.1, 0.15) is 10.4 Å². The van der Waals surface area contributed by atoms with E-state index in [2.05, 4.69) is 10.3 Å². The Bertz CT molecular complexity index is 1110. The molecule has 1 aromatic carbocycles. The summed E-state index contributed by atoms with van der Waals surface area (Å²) in [5.41, 5.74) is 1.99. The Labute approximate surface area is 134 Å². The van der Waals surface area contributed by atoms with Gasteiger partial charge in [-0.1, -0.05) is 17.3 Å². The number of nitrogens with zero attached hydrogens (tertiary/aromatic N) is 5. The van der Waals surface area contributed by atoms with Gasteiger partial charge in [-0.25, -0.2) is 0 Å². The van der Waals surface area contributed by atoms with Gasteiger partial charge in [-0.15, -0.1) is 16.4 Å². The molecule has 0 saturated carbocycles. The molecule has 0 radical (unpaired) electrons. The van der Waals surface area contributed by atoms with Gasteiger partial charge in [0.1, 0.15) is 10.3 Å². The van der Waals surface area contributed by atoms with E-state index in [0.29, 0.717) is 16.4 Å². The lowest BCUT2D eigenvalue weighted by atomic mass is 10.2. The van der Waals surface area contributed by atoms with Crippen molar-refractivity contribution in [3.63, 3.8) is 0 Å². The Kier molecular flexibility index (Phi) is 2.95. The van der Waals surface area contributed by atoms with Crippen LogP contribution in [0.5, 0.6) is 0 Å². The molecule has 3 heterocycles. The third-order valence-corrected chi connectivity index (χ3v) is 5.12. The van der Waals surface area contributed by atoms with Crippen LogP contribution in [0.2, 0.25) is 0 Å². The minimum atomic E-state index is -0.204. The van der Waals surface area contributed by atoms with Crippen LogP contribution >= 0.6 is 11.3 Å². The third-order valence-electron chi connectivity index (χ3n) is 4.03. The lowest BCUT2D eigenvalue weighted by molar-refractivity contribution is 0.0902. The van der Waals surface area contributed by atoms with Crippen molar-refractivity contribution >= 4 is 38.5 Å². The van der Waals surface area contributed by atoms with Crippen molar-refractivity contribution in [1.82, 2.24) is 24.4 Å². The number of hydrogen-bond acceptors (Lipinski definition) is 5. The van der Waals surface area contributed by atoms with Crippen molar-refractivity contribution in [2.75, 3.05) is 0 Å². The minimum absolute atomic E-state index is 0.0880. The summed E-state index contributed by atoms with van der Waals surface area (Å²) in [4.78, 5) is 25.8. The maximum Gasteiger partial charge on any atom is 0.275 e. The molecule has 0 atom stereocenters. The summed E-state index contributed by atoms with van der Waals surface area (Å²) in [6, 6.07) is 7.30. The van der Waals surface area contributed by atoms with Gasteiger partial charge in [0, 0.05) is 14.1 Å². The normalized spacial score (nSPS) is 11.6. The Hall–Kier alpha value is -2.74. The van der Waals surface area contributed by atoms with Gasteiger partial charge in [0.2, 0.25) is 0 Å². The molecule has 4 rings (SSSR count). The average molecular weight is 327 g/mol. The maximum atomic E-state index is 12.6. The van der Waals surface area contributed by atoms with Gasteiger partial charge in [0.15, 0.2) is 0 Å². The fourth-order valence-electron chi connectivity index (χ4n) is 2.70. The predicted octanol–water partition coefficient (Wildman–Crippen LogP) is 1.57. The van der Waals surface area contributed by atoms with E-state index < -0.39 is 0 Å². The summed E-state index contributed by atoms with van der Waals surface area (Å²) < 4.78 is 4.63. The zero-order valence-electron chi connectivity index (χ0n) is 12.6. The minimum Gasteiger partial charge on any atom is -0.275 e. The van der Waals surface area contributed by atoms with Gasteiger partial charge in [-0.2, -0.15) is 4.68 Å². The fourth-order valence-corrected chi connectivity index (χ4v) is 3.77. The number of thiophene rings is 1. The zero-order valence-corrected chi connectivity index (χ0v) is 13.4. The number of aryl methyl sites for hydroxylation is 1. The molecular formula is C15H13N5O2S. The van der Waals surface area contributed by atoms with Crippen molar-refractivity contribution in [2.24, 2.45) is 14.1 Å². The van der Waals surface area contributed by atoms with E-state index >= 15 is 0 Å². The van der Waals surface area contributed by atoms with Crippen molar-refractivity contribution in [1.29, 1.82) is 0 Å². The molecule has 0 saturated heterocycles. The number of carbonyl (C=O) groups excluding carboxylic acids is 1. The maximum absolute atomic E-state index is 12.6. The molecule has 0 fully saturated rings. The number of hydrogen-bond donors (Lipinski definition) is 0. The fraction of sp³-hybridized carbons (Fsp3) is 0.200. The van der Waals surface area contributed by atoms with Gasteiger partial charge >= 0.3 is 0 Å². The molecule has 0 amide bonds. The number of carbonyl (C=O) groups is 1. The molecule has 116 valence electrons. The molecule has 3 aromatic heterocycles. The van der Waals surface area contributed by atoms with E-state index in [1.54, 1.807) is 22.5 Å². The van der Waals surface area contributed by atoms with Crippen LogP contribution in [-0.4, -0.2) is 30.3 Å². The Morgan fingerprint density at radius 2 is 2.00 bits per heavy atom. The summed E-state index contributed by atoms with van der Waals surface area (Å²) in [6.07, 6.45) is 0.118. The van der Waals surface area contributed by atoms with Crippen molar-refractivity contribution in [3.05, 3.63) is 45.6 Å². The smallest absolute Gasteiger partial charge is 0.275 e. The molecule has 7 nitrogen and oxygen atoms in total. The number of benzene rings is 1. The summed E-state index contributed by atoms with van der Waals surface area (Å²) in [5.74, 6) is -0.204. The van der Waals surface area contributed by atoms with Crippen LogP contribution in [0, 0.1) is 0 Å². The second-order valence-corrected chi connectivity index (χ2v) is 6.21. The molecule has 0 aliphatic heterocycles. The second-order valence-electron chi connectivity index (χ2n) is 5.35. The SMILES string of the molecule is Cn1c(=O)c2c(CC(=O)n3nnc4ccccc43)csc2n1C. The Morgan fingerprint density at radius 1 is 1.22 bits per heavy atom. The van der Waals surface area contributed by atoms with Gasteiger partial charge < -0.3 is 0 Å². The van der Waals surface area contributed by atoms with E-state index in [1.165, 1.54) is 16.0 Å². The monoisotopic (exact) mass is 327 g/mol. The van der Waals surface area contributed by atoms with Crippen LogP contribution in [0.15, 0.2) is 34.4 Å². The zero-order chi connectivity index (χ0) is 16.1. The first kappa shape index (κ1) is 13.9.